The third-order valence-electron chi connectivity index (χ3n) is 1.68. The van der Waals surface area contributed by atoms with E-state index >= 15 is 0 Å². The summed E-state index contributed by atoms with van der Waals surface area (Å²) >= 11 is -1.93. The largest absolute Gasteiger partial charge is 0.601 e. The average Bonchev–Trinajstić information content (AvgIpc) is 2.28. The molecule has 0 aliphatic heterocycles. The van der Waals surface area contributed by atoms with Crippen molar-refractivity contribution >= 4 is 22.2 Å². The van der Waals surface area contributed by atoms with Crippen molar-refractivity contribution in [2.75, 3.05) is 6.61 Å². The number of hydrogen-bond acceptors (Lipinski definition) is 5. The lowest BCUT2D eigenvalue weighted by atomic mass is 10.3. The Hall–Kier alpha value is -1.60. The SMILES string of the molecule is CCOC(=O)[S+]([O-])c1ccc([N+](=O)[O-])cc1. The molecule has 0 saturated heterocycles. The number of carbonyl (C=O) groups is 1. The van der Waals surface area contributed by atoms with E-state index in [1.807, 2.05) is 0 Å². The molecule has 6 nitrogen and oxygen atoms in total. The van der Waals surface area contributed by atoms with Crippen LogP contribution in [0.3, 0.4) is 0 Å². The molecule has 0 aliphatic carbocycles. The molecule has 0 radical (unpaired) electrons. The monoisotopic (exact) mass is 243 g/mol. The highest BCUT2D eigenvalue weighted by Crippen LogP contribution is 2.18. The van der Waals surface area contributed by atoms with E-state index < -0.39 is 21.4 Å². The molecule has 0 saturated carbocycles. The van der Waals surface area contributed by atoms with Gasteiger partial charge in [-0.2, -0.15) is 4.79 Å². The second-order valence-corrected chi connectivity index (χ2v) is 4.04. The zero-order valence-corrected chi connectivity index (χ0v) is 9.23. The van der Waals surface area contributed by atoms with Gasteiger partial charge in [0.25, 0.3) is 5.69 Å². The number of benzene rings is 1. The lowest BCUT2D eigenvalue weighted by Gasteiger charge is -2.06. The first-order chi connectivity index (χ1) is 7.56. The maximum Gasteiger partial charge on any atom is 0.529 e. The van der Waals surface area contributed by atoms with E-state index in [-0.39, 0.29) is 17.2 Å². The van der Waals surface area contributed by atoms with Gasteiger partial charge in [-0.05, 0) is 6.92 Å². The summed E-state index contributed by atoms with van der Waals surface area (Å²) in [5.74, 6) is 0. The number of ether oxygens (including phenoxy) is 1. The van der Waals surface area contributed by atoms with Crippen LogP contribution in [-0.2, 0) is 15.9 Å². The first-order valence-electron chi connectivity index (χ1n) is 4.39. The Bertz CT molecular complexity index is 391. The van der Waals surface area contributed by atoms with Crippen LogP contribution in [0.4, 0.5) is 10.5 Å². The van der Waals surface area contributed by atoms with Crippen LogP contribution in [0.25, 0.3) is 0 Å². The molecule has 1 atom stereocenters. The van der Waals surface area contributed by atoms with Crippen molar-refractivity contribution in [3.8, 4) is 0 Å². The average molecular weight is 243 g/mol. The van der Waals surface area contributed by atoms with Crippen LogP contribution < -0.4 is 0 Å². The van der Waals surface area contributed by atoms with Crippen LogP contribution in [0.15, 0.2) is 29.2 Å². The Labute approximate surface area is 94.5 Å². The van der Waals surface area contributed by atoms with Gasteiger partial charge in [-0.15, -0.1) is 0 Å². The normalized spacial score (nSPS) is 11.9. The second-order valence-electron chi connectivity index (χ2n) is 2.70. The standard InChI is InChI=1S/C9H9NO5S/c1-2-15-9(11)16(14)8-5-3-7(4-6-8)10(12)13/h3-6H,2H2,1H3. The Balaban J connectivity index is 2.81. The third-order valence-corrected chi connectivity index (χ3v) is 2.80. The molecule has 1 unspecified atom stereocenters. The molecule has 0 amide bonds. The fraction of sp³-hybridized carbons (Fsp3) is 0.222. The Morgan fingerprint density at radius 1 is 1.44 bits per heavy atom. The first kappa shape index (κ1) is 12.5. The molecule has 0 heterocycles. The molecule has 1 aromatic carbocycles. The molecule has 0 aliphatic rings. The molecular weight excluding hydrogens is 234 g/mol. The quantitative estimate of drug-likeness (QED) is 0.349. The summed E-state index contributed by atoms with van der Waals surface area (Å²) in [6.45, 7) is 1.74. The van der Waals surface area contributed by atoms with Crippen molar-refractivity contribution in [3.05, 3.63) is 34.4 Å². The summed E-state index contributed by atoms with van der Waals surface area (Å²) in [4.78, 5) is 21.1. The summed E-state index contributed by atoms with van der Waals surface area (Å²) in [5, 5.41) is 9.51. The molecular formula is C9H9NO5S. The minimum atomic E-state index is -1.93. The van der Waals surface area contributed by atoms with E-state index in [9.17, 15) is 19.5 Å². The van der Waals surface area contributed by atoms with Gasteiger partial charge >= 0.3 is 5.30 Å². The van der Waals surface area contributed by atoms with E-state index in [0.717, 1.165) is 0 Å². The molecule has 0 bridgehead atoms. The first-order valence-corrected chi connectivity index (χ1v) is 5.54. The number of nitro benzene ring substituents is 1. The Morgan fingerprint density at radius 3 is 2.44 bits per heavy atom. The van der Waals surface area contributed by atoms with Crippen LogP contribution in [0.1, 0.15) is 6.92 Å². The minimum absolute atomic E-state index is 0.121. The highest BCUT2D eigenvalue weighted by Gasteiger charge is 2.24. The molecule has 1 rings (SSSR count). The van der Waals surface area contributed by atoms with Gasteiger partial charge in [-0.3, -0.25) is 10.1 Å². The zero-order valence-electron chi connectivity index (χ0n) is 8.41. The molecule has 0 spiro atoms. The molecule has 1 aromatic rings. The summed E-state index contributed by atoms with van der Waals surface area (Å²) in [7, 11) is 0. The number of nitro groups is 1. The number of hydrogen-bond donors (Lipinski definition) is 0. The number of non-ortho nitro benzene ring substituents is 1. The fourth-order valence-electron chi connectivity index (χ4n) is 0.959. The van der Waals surface area contributed by atoms with Gasteiger partial charge in [0.2, 0.25) is 0 Å². The number of rotatable bonds is 3. The maximum atomic E-state index is 11.5. The van der Waals surface area contributed by atoms with Crippen molar-refractivity contribution in [1.82, 2.24) is 0 Å². The van der Waals surface area contributed by atoms with Crippen molar-refractivity contribution in [1.29, 1.82) is 0 Å². The van der Waals surface area contributed by atoms with Crippen LogP contribution in [-0.4, -0.2) is 21.4 Å². The van der Waals surface area contributed by atoms with E-state index in [4.69, 9.17) is 0 Å². The summed E-state index contributed by atoms with van der Waals surface area (Å²) < 4.78 is 16.0. The number of carbonyl (C=O) groups excluding carboxylic acids is 1. The summed E-state index contributed by atoms with van der Waals surface area (Å²) in [6.07, 6.45) is 0. The molecule has 86 valence electrons. The number of nitrogens with zero attached hydrogens (tertiary/aromatic N) is 1. The van der Waals surface area contributed by atoms with Gasteiger partial charge in [-0.1, -0.05) is 0 Å². The van der Waals surface area contributed by atoms with Crippen molar-refractivity contribution in [2.45, 2.75) is 11.8 Å². The summed E-state index contributed by atoms with van der Waals surface area (Å²) in [5.41, 5.74) is -0.121. The van der Waals surface area contributed by atoms with Crippen LogP contribution in [0, 0.1) is 10.1 Å². The highest BCUT2D eigenvalue weighted by molar-refractivity contribution is 8.05. The van der Waals surface area contributed by atoms with Gasteiger partial charge in [-0.25, -0.2) is 0 Å². The Kier molecular flexibility index (Phi) is 4.27. The fourth-order valence-corrected chi connectivity index (χ4v) is 1.76. The third kappa shape index (κ3) is 2.94. The topological polar surface area (TPSA) is 92.5 Å². The molecule has 0 N–H and O–H groups in total. The van der Waals surface area contributed by atoms with Crippen molar-refractivity contribution in [3.63, 3.8) is 0 Å². The predicted octanol–water partition coefficient (Wildman–Crippen LogP) is 1.86. The lowest BCUT2D eigenvalue weighted by Crippen LogP contribution is -2.16. The minimum Gasteiger partial charge on any atom is -0.601 e. The van der Waals surface area contributed by atoms with Crippen molar-refractivity contribution in [2.24, 2.45) is 0 Å². The molecule has 0 aromatic heterocycles. The zero-order chi connectivity index (χ0) is 12.1. The maximum absolute atomic E-state index is 11.5. The van der Waals surface area contributed by atoms with E-state index in [0.29, 0.717) is 0 Å². The van der Waals surface area contributed by atoms with Crippen LogP contribution in [0.2, 0.25) is 0 Å². The highest BCUT2D eigenvalue weighted by atomic mass is 32.2. The van der Waals surface area contributed by atoms with Crippen LogP contribution >= 0.6 is 0 Å². The lowest BCUT2D eigenvalue weighted by molar-refractivity contribution is -0.384. The van der Waals surface area contributed by atoms with Gasteiger partial charge in [0, 0.05) is 24.3 Å². The molecule has 7 heteroatoms. The second kappa shape index (κ2) is 5.47. The van der Waals surface area contributed by atoms with Gasteiger partial charge in [0.15, 0.2) is 4.90 Å². The van der Waals surface area contributed by atoms with Gasteiger partial charge in [0.05, 0.1) is 11.5 Å². The van der Waals surface area contributed by atoms with Crippen molar-refractivity contribution < 1.29 is 19.0 Å². The van der Waals surface area contributed by atoms with E-state index in [1.165, 1.54) is 24.3 Å². The molecule has 0 fully saturated rings. The van der Waals surface area contributed by atoms with E-state index in [1.54, 1.807) is 6.92 Å². The predicted molar refractivity (Wildman–Crippen MR) is 56.5 cm³/mol. The summed E-state index contributed by atoms with van der Waals surface area (Å²) in [6, 6.07) is 4.91. The van der Waals surface area contributed by atoms with Gasteiger partial charge in [0.1, 0.15) is 11.2 Å². The van der Waals surface area contributed by atoms with Gasteiger partial charge < -0.3 is 9.29 Å². The molecule has 16 heavy (non-hydrogen) atoms. The van der Waals surface area contributed by atoms with Crippen LogP contribution in [0.5, 0.6) is 0 Å². The van der Waals surface area contributed by atoms with E-state index in [2.05, 4.69) is 4.74 Å². The smallest absolute Gasteiger partial charge is 0.529 e. The Morgan fingerprint density at radius 2 is 2.00 bits per heavy atom.